The average molecular weight is 346 g/mol. The van der Waals surface area contributed by atoms with Gasteiger partial charge in [0.1, 0.15) is 0 Å². The molecule has 1 atom stereocenters. The van der Waals surface area contributed by atoms with E-state index in [9.17, 15) is 0 Å². The van der Waals surface area contributed by atoms with Crippen LogP contribution in [-0.4, -0.2) is 72.7 Å². The molecular formula is C21H35N3O. The second kappa shape index (κ2) is 9.13. The Morgan fingerprint density at radius 3 is 2.32 bits per heavy atom. The SMILES string of the molecule is CCC1CN(Cc2cccc(CN3CCOCC3)c2)CCN1C(C)C. The number of benzene rings is 1. The predicted octanol–water partition coefficient (Wildman–Crippen LogP) is 2.82. The molecule has 0 radical (unpaired) electrons. The lowest BCUT2D eigenvalue weighted by molar-refractivity contribution is 0.0341. The van der Waals surface area contributed by atoms with Gasteiger partial charge in [-0.2, -0.15) is 0 Å². The first-order valence-corrected chi connectivity index (χ1v) is 10.0. The van der Waals surface area contributed by atoms with Crippen LogP contribution in [0.4, 0.5) is 0 Å². The minimum atomic E-state index is 0.656. The molecule has 140 valence electrons. The normalized spacial score (nSPS) is 24.1. The van der Waals surface area contributed by atoms with Crippen LogP contribution in [0, 0.1) is 0 Å². The van der Waals surface area contributed by atoms with Crippen molar-refractivity contribution in [3.8, 4) is 0 Å². The standard InChI is InChI=1S/C21H35N3O/c1-4-21-17-23(8-9-24(21)18(2)3)16-20-7-5-6-19(14-20)15-22-10-12-25-13-11-22/h5-7,14,18,21H,4,8-13,15-17H2,1-3H3. The summed E-state index contributed by atoms with van der Waals surface area (Å²) < 4.78 is 5.46. The molecule has 1 aromatic carbocycles. The lowest BCUT2D eigenvalue weighted by Crippen LogP contribution is -2.54. The Morgan fingerprint density at radius 1 is 1.00 bits per heavy atom. The second-order valence-electron chi connectivity index (χ2n) is 7.84. The van der Waals surface area contributed by atoms with Crippen LogP contribution in [0.3, 0.4) is 0 Å². The van der Waals surface area contributed by atoms with Gasteiger partial charge in [0, 0.05) is 57.9 Å². The molecule has 4 heteroatoms. The molecule has 2 aliphatic heterocycles. The molecule has 2 heterocycles. The maximum atomic E-state index is 5.46. The van der Waals surface area contributed by atoms with E-state index >= 15 is 0 Å². The van der Waals surface area contributed by atoms with Crippen LogP contribution < -0.4 is 0 Å². The number of nitrogens with zero attached hydrogens (tertiary/aromatic N) is 3. The zero-order valence-electron chi connectivity index (χ0n) is 16.3. The summed E-state index contributed by atoms with van der Waals surface area (Å²) >= 11 is 0. The quantitative estimate of drug-likeness (QED) is 0.789. The summed E-state index contributed by atoms with van der Waals surface area (Å²) in [5.74, 6) is 0. The summed E-state index contributed by atoms with van der Waals surface area (Å²) in [6.07, 6.45) is 1.24. The Bertz CT molecular complexity index is 528. The lowest BCUT2D eigenvalue weighted by atomic mass is 10.1. The van der Waals surface area contributed by atoms with Crippen molar-refractivity contribution in [2.24, 2.45) is 0 Å². The third kappa shape index (κ3) is 5.27. The van der Waals surface area contributed by atoms with Crippen LogP contribution in [0.25, 0.3) is 0 Å². The van der Waals surface area contributed by atoms with E-state index in [1.165, 1.54) is 37.2 Å². The van der Waals surface area contributed by atoms with E-state index in [4.69, 9.17) is 4.74 Å². The molecule has 2 saturated heterocycles. The summed E-state index contributed by atoms with van der Waals surface area (Å²) in [5.41, 5.74) is 2.89. The van der Waals surface area contributed by atoms with Crippen molar-refractivity contribution >= 4 is 0 Å². The van der Waals surface area contributed by atoms with Gasteiger partial charge >= 0.3 is 0 Å². The van der Waals surface area contributed by atoms with Gasteiger partial charge in [0.05, 0.1) is 13.2 Å². The second-order valence-corrected chi connectivity index (χ2v) is 7.84. The summed E-state index contributed by atoms with van der Waals surface area (Å²) in [7, 11) is 0. The Kier molecular flexibility index (Phi) is 6.88. The molecule has 0 aromatic heterocycles. The molecule has 0 N–H and O–H groups in total. The third-order valence-corrected chi connectivity index (χ3v) is 5.65. The van der Waals surface area contributed by atoms with Gasteiger partial charge in [0.15, 0.2) is 0 Å². The number of rotatable bonds is 6. The molecule has 1 aromatic rings. The Hall–Kier alpha value is -0.940. The molecule has 0 aliphatic carbocycles. The minimum Gasteiger partial charge on any atom is -0.379 e. The van der Waals surface area contributed by atoms with E-state index in [-0.39, 0.29) is 0 Å². The number of hydrogen-bond donors (Lipinski definition) is 0. The molecule has 4 nitrogen and oxygen atoms in total. The highest BCUT2D eigenvalue weighted by Crippen LogP contribution is 2.19. The monoisotopic (exact) mass is 345 g/mol. The highest BCUT2D eigenvalue weighted by molar-refractivity contribution is 5.23. The lowest BCUT2D eigenvalue weighted by Gasteiger charge is -2.43. The van der Waals surface area contributed by atoms with Gasteiger partial charge in [-0.3, -0.25) is 14.7 Å². The minimum absolute atomic E-state index is 0.656. The van der Waals surface area contributed by atoms with Gasteiger partial charge < -0.3 is 4.74 Å². The van der Waals surface area contributed by atoms with Crippen LogP contribution in [0.1, 0.15) is 38.3 Å². The molecule has 0 amide bonds. The van der Waals surface area contributed by atoms with Crippen molar-refractivity contribution in [1.82, 2.24) is 14.7 Å². The van der Waals surface area contributed by atoms with Gasteiger partial charge in [-0.1, -0.05) is 31.2 Å². The highest BCUT2D eigenvalue weighted by Gasteiger charge is 2.27. The first-order chi connectivity index (χ1) is 12.2. The van der Waals surface area contributed by atoms with E-state index in [1.807, 2.05) is 0 Å². The van der Waals surface area contributed by atoms with Crippen molar-refractivity contribution in [1.29, 1.82) is 0 Å². The first-order valence-electron chi connectivity index (χ1n) is 10.0. The zero-order chi connectivity index (χ0) is 17.6. The van der Waals surface area contributed by atoms with Crippen LogP contribution in [0.2, 0.25) is 0 Å². The molecule has 0 spiro atoms. The Balaban J connectivity index is 1.56. The fourth-order valence-corrected chi connectivity index (χ4v) is 4.22. The molecule has 0 saturated carbocycles. The van der Waals surface area contributed by atoms with E-state index in [2.05, 4.69) is 59.7 Å². The Labute approximate surface area is 153 Å². The van der Waals surface area contributed by atoms with Crippen molar-refractivity contribution in [3.05, 3.63) is 35.4 Å². The maximum absolute atomic E-state index is 5.46. The zero-order valence-corrected chi connectivity index (χ0v) is 16.3. The van der Waals surface area contributed by atoms with Crippen LogP contribution in [0.15, 0.2) is 24.3 Å². The summed E-state index contributed by atoms with van der Waals surface area (Å²) in [5, 5.41) is 0. The van der Waals surface area contributed by atoms with E-state index in [0.717, 1.165) is 39.4 Å². The number of hydrogen-bond acceptors (Lipinski definition) is 4. The summed E-state index contributed by atoms with van der Waals surface area (Å²) in [6, 6.07) is 10.6. The van der Waals surface area contributed by atoms with E-state index in [1.54, 1.807) is 0 Å². The average Bonchev–Trinajstić information content (AvgIpc) is 2.62. The number of piperazine rings is 1. The third-order valence-electron chi connectivity index (χ3n) is 5.65. The molecular weight excluding hydrogens is 310 g/mol. The van der Waals surface area contributed by atoms with Gasteiger partial charge in [-0.25, -0.2) is 0 Å². The topological polar surface area (TPSA) is 19.0 Å². The van der Waals surface area contributed by atoms with Crippen molar-refractivity contribution < 1.29 is 4.74 Å². The largest absolute Gasteiger partial charge is 0.379 e. The fraction of sp³-hybridized carbons (Fsp3) is 0.714. The van der Waals surface area contributed by atoms with E-state index in [0.29, 0.717) is 12.1 Å². The number of morpholine rings is 1. The Morgan fingerprint density at radius 2 is 1.68 bits per heavy atom. The molecule has 2 aliphatic rings. The van der Waals surface area contributed by atoms with E-state index < -0.39 is 0 Å². The maximum Gasteiger partial charge on any atom is 0.0594 e. The highest BCUT2D eigenvalue weighted by atomic mass is 16.5. The van der Waals surface area contributed by atoms with Gasteiger partial charge in [-0.15, -0.1) is 0 Å². The van der Waals surface area contributed by atoms with Crippen LogP contribution in [-0.2, 0) is 17.8 Å². The molecule has 2 fully saturated rings. The van der Waals surface area contributed by atoms with Gasteiger partial charge in [-0.05, 0) is 31.4 Å². The summed E-state index contributed by atoms with van der Waals surface area (Å²) in [4.78, 5) is 7.81. The fourth-order valence-electron chi connectivity index (χ4n) is 4.22. The van der Waals surface area contributed by atoms with Gasteiger partial charge in [0.25, 0.3) is 0 Å². The first kappa shape index (κ1) is 18.8. The smallest absolute Gasteiger partial charge is 0.0594 e. The van der Waals surface area contributed by atoms with Crippen molar-refractivity contribution in [3.63, 3.8) is 0 Å². The predicted molar refractivity (Wildman–Crippen MR) is 104 cm³/mol. The molecule has 0 bridgehead atoms. The number of ether oxygens (including phenoxy) is 1. The molecule has 3 rings (SSSR count). The van der Waals surface area contributed by atoms with Crippen molar-refractivity contribution in [2.75, 3.05) is 45.9 Å². The van der Waals surface area contributed by atoms with Gasteiger partial charge in [0.2, 0.25) is 0 Å². The molecule has 25 heavy (non-hydrogen) atoms. The summed E-state index contributed by atoms with van der Waals surface area (Å²) in [6.45, 7) is 16.5. The van der Waals surface area contributed by atoms with Crippen LogP contribution in [0.5, 0.6) is 0 Å². The van der Waals surface area contributed by atoms with Crippen molar-refractivity contribution in [2.45, 2.75) is 52.4 Å². The molecule has 1 unspecified atom stereocenters. The van der Waals surface area contributed by atoms with Crippen LogP contribution >= 0.6 is 0 Å².